The Bertz CT molecular complexity index is 330. The van der Waals surface area contributed by atoms with Gasteiger partial charge in [-0.15, -0.1) is 0 Å². The Labute approximate surface area is 84.8 Å². The Morgan fingerprint density at radius 3 is 2.79 bits per heavy atom. The molecule has 0 atom stereocenters. The molecule has 0 amide bonds. The number of hydrogen-bond acceptors (Lipinski definition) is 2. The van der Waals surface area contributed by atoms with Crippen LogP contribution >= 0.6 is 0 Å². The summed E-state index contributed by atoms with van der Waals surface area (Å²) in [6.07, 6.45) is 4.21. The normalized spacial score (nSPS) is 10.1. The highest BCUT2D eigenvalue weighted by molar-refractivity contribution is 5.39. The highest BCUT2D eigenvalue weighted by Gasteiger charge is 1.95. The van der Waals surface area contributed by atoms with Crippen LogP contribution in [0.15, 0.2) is 23.1 Å². The minimum absolute atomic E-state index is 0.0635. The number of pyridine rings is 1. The van der Waals surface area contributed by atoms with Crippen molar-refractivity contribution in [2.75, 3.05) is 11.9 Å². The van der Waals surface area contributed by atoms with Crippen LogP contribution in [-0.2, 0) is 6.54 Å². The van der Waals surface area contributed by atoms with Gasteiger partial charge in [-0.2, -0.15) is 0 Å². The highest BCUT2D eigenvalue weighted by Crippen LogP contribution is 2.03. The lowest BCUT2D eigenvalue weighted by Crippen LogP contribution is -2.18. The second-order valence-electron chi connectivity index (χ2n) is 3.32. The SMILES string of the molecule is CCCCNc1ccc(=O)n(CC)c1. The lowest BCUT2D eigenvalue weighted by Gasteiger charge is -2.07. The van der Waals surface area contributed by atoms with E-state index in [2.05, 4.69) is 12.2 Å². The molecule has 0 bridgehead atoms. The van der Waals surface area contributed by atoms with Gasteiger partial charge in [0.05, 0.1) is 5.69 Å². The second kappa shape index (κ2) is 5.47. The lowest BCUT2D eigenvalue weighted by atomic mass is 10.3. The zero-order valence-corrected chi connectivity index (χ0v) is 8.92. The Balaban J connectivity index is 2.65. The summed E-state index contributed by atoms with van der Waals surface area (Å²) in [5, 5.41) is 3.29. The molecule has 0 radical (unpaired) electrons. The van der Waals surface area contributed by atoms with Crippen LogP contribution in [0.4, 0.5) is 5.69 Å². The van der Waals surface area contributed by atoms with Gasteiger partial charge in [0.1, 0.15) is 0 Å². The molecule has 1 aromatic rings. The number of rotatable bonds is 5. The maximum absolute atomic E-state index is 11.3. The molecule has 1 N–H and O–H groups in total. The summed E-state index contributed by atoms with van der Waals surface area (Å²) in [5.41, 5.74) is 1.09. The second-order valence-corrected chi connectivity index (χ2v) is 3.32. The van der Waals surface area contributed by atoms with Crippen molar-refractivity contribution in [2.24, 2.45) is 0 Å². The van der Waals surface area contributed by atoms with Gasteiger partial charge < -0.3 is 9.88 Å². The largest absolute Gasteiger partial charge is 0.384 e. The number of aromatic nitrogens is 1. The van der Waals surface area contributed by atoms with Crippen molar-refractivity contribution in [3.8, 4) is 0 Å². The van der Waals surface area contributed by atoms with Crippen LogP contribution in [0, 0.1) is 0 Å². The number of unbranched alkanes of at least 4 members (excludes halogenated alkanes) is 1. The van der Waals surface area contributed by atoms with Crippen LogP contribution in [0.1, 0.15) is 26.7 Å². The number of nitrogens with zero attached hydrogens (tertiary/aromatic N) is 1. The third kappa shape index (κ3) is 2.91. The molecule has 1 heterocycles. The minimum Gasteiger partial charge on any atom is -0.384 e. The molecule has 0 fully saturated rings. The monoisotopic (exact) mass is 194 g/mol. The standard InChI is InChI=1S/C11H18N2O/c1-3-5-8-12-10-6-7-11(14)13(4-2)9-10/h6-7,9,12H,3-5,8H2,1-2H3. The quantitative estimate of drug-likeness (QED) is 0.728. The van der Waals surface area contributed by atoms with Gasteiger partial charge in [-0.25, -0.2) is 0 Å². The first-order valence-electron chi connectivity index (χ1n) is 5.22. The van der Waals surface area contributed by atoms with Gasteiger partial charge in [-0.3, -0.25) is 4.79 Å². The van der Waals surface area contributed by atoms with E-state index in [1.807, 2.05) is 19.2 Å². The molecule has 0 aliphatic rings. The summed E-state index contributed by atoms with van der Waals surface area (Å²) in [4.78, 5) is 11.3. The number of hydrogen-bond donors (Lipinski definition) is 1. The van der Waals surface area contributed by atoms with Gasteiger partial charge in [0.15, 0.2) is 0 Å². The fourth-order valence-electron chi connectivity index (χ4n) is 1.29. The molecule has 14 heavy (non-hydrogen) atoms. The summed E-state index contributed by atoms with van der Waals surface area (Å²) >= 11 is 0. The van der Waals surface area contributed by atoms with Gasteiger partial charge in [0.25, 0.3) is 5.56 Å². The molecule has 3 nitrogen and oxygen atoms in total. The van der Waals surface area contributed by atoms with Gasteiger partial charge in [0.2, 0.25) is 0 Å². The van der Waals surface area contributed by atoms with Crippen molar-refractivity contribution < 1.29 is 0 Å². The Morgan fingerprint density at radius 1 is 1.36 bits per heavy atom. The number of aryl methyl sites for hydroxylation is 1. The van der Waals surface area contributed by atoms with Crippen molar-refractivity contribution in [3.63, 3.8) is 0 Å². The van der Waals surface area contributed by atoms with Crippen molar-refractivity contribution in [2.45, 2.75) is 33.2 Å². The molecular weight excluding hydrogens is 176 g/mol. The van der Waals surface area contributed by atoms with Crippen LogP contribution in [0.2, 0.25) is 0 Å². The van der Waals surface area contributed by atoms with E-state index in [1.54, 1.807) is 10.6 Å². The summed E-state index contributed by atoms with van der Waals surface area (Å²) in [6, 6.07) is 3.45. The smallest absolute Gasteiger partial charge is 0.250 e. The van der Waals surface area contributed by atoms with Crippen molar-refractivity contribution >= 4 is 5.69 Å². The number of anilines is 1. The minimum atomic E-state index is 0.0635. The van der Waals surface area contributed by atoms with Gasteiger partial charge in [0, 0.05) is 25.4 Å². The van der Waals surface area contributed by atoms with E-state index >= 15 is 0 Å². The van der Waals surface area contributed by atoms with Crippen LogP contribution < -0.4 is 10.9 Å². The molecular formula is C11H18N2O. The van der Waals surface area contributed by atoms with Gasteiger partial charge in [-0.1, -0.05) is 13.3 Å². The first kappa shape index (κ1) is 10.8. The molecule has 0 unspecified atom stereocenters. The fourth-order valence-corrected chi connectivity index (χ4v) is 1.29. The van der Waals surface area contributed by atoms with Crippen molar-refractivity contribution in [1.29, 1.82) is 0 Å². The third-order valence-corrected chi connectivity index (χ3v) is 2.18. The lowest BCUT2D eigenvalue weighted by molar-refractivity contribution is 0.726. The van der Waals surface area contributed by atoms with Gasteiger partial charge in [-0.05, 0) is 19.4 Å². The fraction of sp³-hybridized carbons (Fsp3) is 0.545. The molecule has 0 aromatic carbocycles. The van der Waals surface area contributed by atoms with Crippen molar-refractivity contribution in [3.05, 3.63) is 28.7 Å². The van der Waals surface area contributed by atoms with E-state index in [0.29, 0.717) is 0 Å². The van der Waals surface area contributed by atoms with Crippen LogP contribution in [0.5, 0.6) is 0 Å². The topological polar surface area (TPSA) is 34.0 Å². The van der Waals surface area contributed by atoms with Crippen LogP contribution in [-0.4, -0.2) is 11.1 Å². The highest BCUT2D eigenvalue weighted by atomic mass is 16.1. The van der Waals surface area contributed by atoms with Crippen LogP contribution in [0.25, 0.3) is 0 Å². The van der Waals surface area contributed by atoms with E-state index in [4.69, 9.17) is 0 Å². The first-order valence-corrected chi connectivity index (χ1v) is 5.22. The third-order valence-electron chi connectivity index (χ3n) is 2.18. The van der Waals surface area contributed by atoms with E-state index in [1.165, 1.54) is 6.42 Å². The van der Waals surface area contributed by atoms with Crippen molar-refractivity contribution in [1.82, 2.24) is 4.57 Å². The molecule has 0 aliphatic heterocycles. The van der Waals surface area contributed by atoms with Crippen LogP contribution in [0.3, 0.4) is 0 Å². The maximum Gasteiger partial charge on any atom is 0.250 e. The summed E-state index contributed by atoms with van der Waals surface area (Å²) < 4.78 is 1.70. The zero-order valence-electron chi connectivity index (χ0n) is 8.92. The zero-order chi connectivity index (χ0) is 10.4. The summed E-state index contributed by atoms with van der Waals surface area (Å²) in [6.45, 7) is 5.83. The average Bonchev–Trinajstić information content (AvgIpc) is 2.21. The van der Waals surface area contributed by atoms with Gasteiger partial charge >= 0.3 is 0 Å². The summed E-state index contributed by atoms with van der Waals surface area (Å²) in [5.74, 6) is 0. The first-order chi connectivity index (χ1) is 6.77. The molecule has 0 saturated carbocycles. The molecule has 1 rings (SSSR count). The Hall–Kier alpha value is -1.25. The average molecular weight is 194 g/mol. The molecule has 0 spiro atoms. The molecule has 0 aliphatic carbocycles. The molecule has 78 valence electrons. The Kier molecular flexibility index (Phi) is 4.23. The molecule has 3 heteroatoms. The predicted octanol–water partition coefficient (Wildman–Crippen LogP) is 2.08. The summed E-state index contributed by atoms with van der Waals surface area (Å²) in [7, 11) is 0. The number of nitrogens with one attached hydrogen (secondary N) is 1. The molecule has 0 saturated heterocycles. The van der Waals surface area contributed by atoms with E-state index in [0.717, 1.165) is 25.2 Å². The predicted molar refractivity (Wildman–Crippen MR) is 59.8 cm³/mol. The van der Waals surface area contributed by atoms with E-state index < -0.39 is 0 Å². The molecule has 1 aromatic heterocycles. The van der Waals surface area contributed by atoms with E-state index in [9.17, 15) is 4.79 Å². The van der Waals surface area contributed by atoms with E-state index in [-0.39, 0.29) is 5.56 Å². The maximum atomic E-state index is 11.3. The Morgan fingerprint density at radius 2 is 2.14 bits per heavy atom.